The van der Waals surface area contributed by atoms with Crippen molar-refractivity contribution in [1.82, 2.24) is 9.78 Å². The highest BCUT2D eigenvalue weighted by Crippen LogP contribution is 2.34. The molecule has 0 aliphatic carbocycles. The Kier molecular flexibility index (Phi) is 7.49. The van der Waals surface area contributed by atoms with Gasteiger partial charge in [0.15, 0.2) is 0 Å². The number of aromatic nitrogens is 2. The van der Waals surface area contributed by atoms with Crippen molar-refractivity contribution in [2.75, 3.05) is 32.8 Å². The highest BCUT2D eigenvalue weighted by atomic mass is 19.1. The highest BCUT2D eigenvalue weighted by Gasteiger charge is 2.18. The molecule has 1 aromatic heterocycles. The minimum atomic E-state index is -0.481. The lowest BCUT2D eigenvalue weighted by Gasteiger charge is -2.09. The van der Waals surface area contributed by atoms with E-state index >= 15 is 0 Å². The third-order valence-electron chi connectivity index (χ3n) is 5.36. The molecule has 1 heterocycles. The molecule has 0 radical (unpaired) electrons. The van der Waals surface area contributed by atoms with Crippen molar-refractivity contribution in [3.05, 3.63) is 83.7 Å². The first-order valence-corrected chi connectivity index (χ1v) is 10.8. The number of fused-ring (bicyclic) bond motifs is 1. The second-order valence-electron chi connectivity index (χ2n) is 7.61. The fourth-order valence-corrected chi connectivity index (χ4v) is 3.60. The maximum absolute atomic E-state index is 13.6. The van der Waals surface area contributed by atoms with Crippen LogP contribution >= 0.6 is 0 Å². The maximum atomic E-state index is 13.6. The molecule has 0 spiro atoms. The fraction of sp³-hybridized carbons (Fsp3) is 0.192. The van der Waals surface area contributed by atoms with Crippen molar-refractivity contribution < 1.29 is 28.2 Å². The predicted octanol–water partition coefficient (Wildman–Crippen LogP) is 4.50. The third-order valence-corrected chi connectivity index (χ3v) is 5.36. The molecule has 0 saturated heterocycles. The van der Waals surface area contributed by atoms with Gasteiger partial charge in [-0.3, -0.25) is 4.79 Å². The van der Waals surface area contributed by atoms with Crippen molar-refractivity contribution in [1.29, 1.82) is 0 Å². The van der Waals surface area contributed by atoms with Gasteiger partial charge in [-0.1, -0.05) is 6.07 Å². The molecule has 3 aromatic carbocycles. The van der Waals surface area contributed by atoms with Crippen molar-refractivity contribution >= 4 is 28.5 Å². The van der Waals surface area contributed by atoms with Crippen LogP contribution in [0.4, 0.5) is 10.1 Å². The Balaban J connectivity index is 1.70. The largest absolute Gasteiger partial charge is 0.465 e. The van der Waals surface area contributed by atoms with Crippen LogP contribution in [-0.2, 0) is 20.9 Å². The Bertz CT molecular complexity index is 1330. The van der Waals surface area contributed by atoms with E-state index < -0.39 is 5.97 Å². The normalized spacial score (nSPS) is 10.9. The number of nitrogens with zero attached hydrogens (tertiary/aromatic N) is 2. The van der Waals surface area contributed by atoms with Gasteiger partial charge in [0.05, 0.1) is 42.5 Å². The first-order chi connectivity index (χ1) is 17.0. The summed E-state index contributed by atoms with van der Waals surface area (Å²) in [4.78, 5) is 24.7. The zero-order valence-electron chi connectivity index (χ0n) is 19.3. The van der Waals surface area contributed by atoms with Crippen LogP contribution in [0.25, 0.3) is 22.2 Å². The summed E-state index contributed by atoms with van der Waals surface area (Å²) in [6, 6.07) is 17.6. The van der Waals surface area contributed by atoms with Crippen molar-refractivity contribution in [2.45, 2.75) is 6.73 Å². The number of hydrogen-bond acceptors (Lipinski definition) is 6. The Morgan fingerprint density at radius 2 is 1.66 bits per heavy atom. The number of carbonyl (C=O) groups excluding carboxylic acids is 2. The number of nitrogens with one attached hydrogen (secondary N) is 1. The molecule has 35 heavy (non-hydrogen) atoms. The minimum absolute atomic E-state index is 0.174. The number of hydrogen-bond donors (Lipinski definition) is 1. The van der Waals surface area contributed by atoms with E-state index in [1.807, 2.05) is 6.07 Å². The quantitative estimate of drug-likeness (QED) is 0.282. The van der Waals surface area contributed by atoms with E-state index in [1.54, 1.807) is 48.2 Å². The summed E-state index contributed by atoms with van der Waals surface area (Å²) in [7, 11) is 2.89. The molecule has 0 fully saturated rings. The first kappa shape index (κ1) is 24.1. The van der Waals surface area contributed by atoms with Gasteiger partial charge in [0.2, 0.25) is 0 Å². The average Bonchev–Trinajstić information content (AvgIpc) is 3.26. The number of esters is 1. The summed E-state index contributed by atoms with van der Waals surface area (Å²) in [5.41, 5.74) is 3.25. The summed E-state index contributed by atoms with van der Waals surface area (Å²) in [5.74, 6) is -1.20. The van der Waals surface area contributed by atoms with Crippen molar-refractivity contribution in [2.24, 2.45) is 0 Å². The molecule has 4 aromatic rings. The molecule has 0 bridgehead atoms. The topological polar surface area (TPSA) is 91.7 Å². The Morgan fingerprint density at radius 1 is 0.943 bits per heavy atom. The lowest BCUT2D eigenvalue weighted by molar-refractivity contribution is 0.0309. The number of methoxy groups -OCH3 is 2. The van der Waals surface area contributed by atoms with Gasteiger partial charge in [-0.2, -0.15) is 5.10 Å². The van der Waals surface area contributed by atoms with Crippen LogP contribution in [-0.4, -0.2) is 49.1 Å². The molecule has 0 atom stereocenters. The third kappa shape index (κ3) is 5.37. The molecular formula is C26H24FN3O5. The number of rotatable bonds is 9. The molecule has 0 aliphatic rings. The standard InChI is InChI=1S/C26H24FN3O5/c1-33-14-15-35-16-30-22-5-3-4-21(23(22)24(29-30)17-10-12-20(27)13-11-17)28-25(31)18-6-8-19(9-7-18)26(32)34-2/h3-13H,14-16H2,1-2H3,(H,28,31). The zero-order chi connectivity index (χ0) is 24.8. The lowest BCUT2D eigenvalue weighted by Crippen LogP contribution is -2.12. The molecule has 9 heteroatoms. The number of amides is 1. The van der Waals surface area contributed by atoms with E-state index in [9.17, 15) is 14.0 Å². The summed E-state index contributed by atoms with van der Waals surface area (Å²) in [6.45, 7) is 1.01. The van der Waals surface area contributed by atoms with Crippen LogP contribution in [0.3, 0.4) is 0 Å². The Morgan fingerprint density at radius 3 is 2.34 bits per heavy atom. The highest BCUT2D eigenvalue weighted by molar-refractivity contribution is 6.12. The lowest BCUT2D eigenvalue weighted by atomic mass is 10.1. The Labute approximate surface area is 201 Å². The number of halogens is 1. The van der Waals surface area contributed by atoms with E-state index in [2.05, 4.69) is 5.32 Å². The molecule has 1 N–H and O–H groups in total. The van der Waals surface area contributed by atoms with Crippen LogP contribution in [0.1, 0.15) is 20.7 Å². The summed E-state index contributed by atoms with van der Waals surface area (Å²) < 4.78 is 30.6. The molecule has 180 valence electrons. The minimum Gasteiger partial charge on any atom is -0.465 e. The van der Waals surface area contributed by atoms with Gasteiger partial charge in [-0.15, -0.1) is 0 Å². The molecule has 4 rings (SSSR count). The second-order valence-corrected chi connectivity index (χ2v) is 7.61. The zero-order valence-corrected chi connectivity index (χ0v) is 19.3. The average molecular weight is 477 g/mol. The van der Waals surface area contributed by atoms with Gasteiger partial charge in [-0.05, 0) is 60.7 Å². The van der Waals surface area contributed by atoms with E-state index in [1.165, 1.54) is 31.4 Å². The molecular weight excluding hydrogens is 453 g/mol. The van der Waals surface area contributed by atoms with E-state index in [0.29, 0.717) is 46.7 Å². The number of anilines is 1. The van der Waals surface area contributed by atoms with Crippen LogP contribution in [0.5, 0.6) is 0 Å². The smallest absolute Gasteiger partial charge is 0.337 e. The molecule has 0 unspecified atom stereocenters. The fourth-order valence-electron chi connectivity index (χ4n) is 3.60. The van der Waals surface area contributed by atoms with Gasteiger partial charge in [0.1, 0.15) is 18.2 Å². The van der Waals surface area contributed by atoms with E-state index in [0.717, 1.165) is 5.52 Å². The maximum Gasteiger partial charge on any atom is 0.337 e. The van der Waals surface area contributed by atoms with Crippen molar-refractivity contribution in [3.63, 3.8) is 0 Å². The van der Waals surface area contributed by atoms with Gasteiger partial charge >= 0.3 is 5.97 Å². The van der Waals surface area contributed by atoms with Gasteiger partial charge in [-0.25, -0.2) is 13.9 Å². The predicted molar refractivity (Wildman–Crippen MR) is 129 cm³/mol. The van der Waals surface area contributed by atoms with E-state index in [4.69, 9.17) is 19.3 Å². The molecule has 1 amide bonds. The van der Waals surface area contributed by atoms with Gasteiger partial charge in [0.25, 0.3) is 5.91 Å². The summed E-state index contributed by atoms with van der Waals surface area (Å²) >= 11 is 0. The van der Waals surface area contributed by atoms with Gasteiger partial charge in [0, 0.05) is 18.2 Å². The monoisotopic (exact) mass is 477 g/mol. The number of carbonyl (C=O) groups is 2. The van der Waals surface area contributed by atoms with E-state index in [-0.39, 0.29) is 18.5 Å². The summed E-state index contributed by atoms with van der Waals surface area (Å²) in [5, 5.41) is 8.31. The first-order valence-electron chi connectivity index (χ1n) is 10.8. The molecule has 8 nitrogen and oxygen atoms in total. The SMILES string of the molecule is COCCOCn1nc(-c2ccc(F)cc2)c2c(NC(=O)c3ccc(C(=O)OC)cc3)cccc21. The van der Waals surface area contributed by atoms with Crippen LogP contribution in [0.15, 0.2) is 66.7 Å². The molecule has 0 aliphatic heterocycles. The van der Waals surface area contributed by atoms with Crippen LogP contribution < -0.4 is 5.32 Å². The number of benzene rings is 3. The number of ether oxygens (including phenoxy) is 3. The molecule has 0 saturated carbocycles. The Hall–Kier alpha value is -4.08. The second kappa shape index (κ2) is 10.9. The van der Waals surface area contributed by atoms with Gasteiger partial charge < -0.3 is 19.5 Å². The van der Waals surface area contributed by atoms with Crippen molar-refractivity contribution in [3.8, 4) is 11.3 Å². The van der Waals surface area contributed by atoms with Crippen LogP contribution in [0, 0.1) is 5.82 Å². The summed E-state index contributed by atoms with van der Waals surface area (Å²) in [6.07, 6.45) is 0. The van der Waals surface area contributed by atoms with Crippen LogP contribution in [0.2, 0.25) is 0 Å².